The maximum Gasteiger partial charge on any atom is 0.228 e. The van der Waals surface area contributed by atoms with Crippen molar-refractivity contribution in [2.24, 2.45) is 5.92 Å². The van der Waals surface area contributed by atoms with Crippen molar-refractivity contribution in [3.8, 4) is 0 Å². The van der Waals surface area contributed by atoms with Crippen LogP contribution in [0.2, 0.25) is 0 Å². The van der Waals surface area contributed by atoms with Gasteiger partial charge in [0.2, 0.25) is 5.91 Å². The lowest BCUT2D eigenvalue weighted by Gasteiger charge is -2.16. The third-order valence-electron chi connectivity index (χ3n) is 5.49. The molecule has 1 amide bonds. The molecule has 3 fully saturated rings. The monoisotopic (exact) mass is 364 g/mol. The van der Waals surface area contributed by atoms with Gasteiger partial charge in [0.25, 0.3) is 0 Å². The van der Waals surface area contributed by atoms with Crippen LogP contribution in [0.5, 0.6) is 0 Å². The molecule has 0 aromatic carbocycles. The van der Waals surface area contributed by atoms with Crippen molar-refractivity contribution < 1.29 is 4.79 Å². The Morgan fingerprint density at radius 3 is 2.85 bits per heavy atom. The van der Waals surface area contributed by atoms with Crippen molar-refractivity contribution in [3.63, 3.8) is 0 Å². The van der Waals surface area contributed by atoms with E-state index in [2.05, 4.69) is 34.6 Å². The van der Waals surface area contributed by atoms with Gasteiger partial charge in [-0.15, -0.1) is 0 Å². The fourth-order valence-electron chi connectivity index (χ4n) is 3.54. The van der Waals surface area contributed by atoms with Crippen LogP contribution in [0.3, 0.4) is 0 Å². The summed E-state index contributed by atoms with van der Waals surface area (Å²) in [5.41, 5.74) is 3.22. The van der Waals surface area contributed by atoms with Crippen LogP contribution in [-0.2, 0) is 4.79 Å². The van der Waals surface area contributed by atoms with Gasteiger partial charge in [-0.25, -0.2) is 4.98 Å². The summed E-state index contributed by atoms with van der Waals surface area (Å²) in [6.45, 7) is 6.14. The Morgan fingerprint density at radius 2 is 2.19 bits per heavy atom. The summed E-state index contributed by atoms with van der Waals surface area (Å²) in [5, 5.41) is 14.4. The summed E-state index contributed by atoms with van der Waals surface area (Å²) < 4.78 is 1.85. The van der Waals surface area contributed by atoms with E-state index in [-0.39, 0.29) is 5.91 Å². The standard InChI is InChI=1S/C20H24N6O/c1-11(13-3-4-13)22-17-9-18(24-16-5-6-16)26-20(25-17)15(10-21-26)7-14-8-19(27)23-12(14)2/h7,9-11,13,16,24H,2-6,8H2,1H3,(H,22,25)(H,23,27)/b14-7+/t11-/m0/s1. The number of nitrogens with zero attached hydrogens (tertiary/aromatic N) is 3. The second-order valence-corrected chi connectivity index (χ2v) is 7.92. The van der Waals surface area contributed by atoms with E-state index in [1.807, 2.05) is 16.7 Å². The van der Waals surface area contributed by atoms with Crippen LogP contribution in [-0.4, -0.2) is 32.6 Å². The first-order valence-electron chi connectivity index (χ1n) is 9.68. The second-order valence-electron chi connectivity index (χ2n) is 7.92. The summed E-state index contributed by atoms with van der Waals surface area (Å²) in [5.74, 6) is 2.54. The minimum absolute atomic E-state index is 0.0209. The topological polar surface area (TPSA) is 83.4 Å². The van der Waals surface area contributed by atoms with E-state index in [4.69, 9.17) is 4.98 Å². The van der Waals surface area contributed by atoms with Crippen molar-refractivity contribution in [1.82, 2.24) is 19.9 Å². The van der Waals surface area contributed by atoms with E-state index in [0.717, 1.165) is 34.3 Å². The third kappa shape index (κ3) is 3.29. The van der Waals surface area contributed by atoms with Crippen LogP contribution in [0.4, 0.5) is 11.6 Å². The van der Waals surface area contributed by atoms with Crippen molar-refractivity contribution in [2.75, 3.05) is 10.6 Å². The van der Waals surface area contributed by atoms with E-state index in [1.54, 1.807) is 6.20 Å². The molecule has 0 radical (unpaired) electrons. The first-order valence-corrected chi connectivity index (χ1v) is 9.68. The smallest absolute Gasteiger partial charge is 0.228 e. The Labute approximate surface area is 157 Å². The average molecular weight is 364 g/mol. The quantitative estimate of drug-likeness (QED) is 0.734. The molecule has 27 heavy (non-hydrogen) atoms. The summed E-state index contributed by atoms with van der Waals surface area (Å²) in [7, 11) is 0. The molecule has 3 aliphatic rings. The highest BCUT2D eigenvalue weighted by Crippen LogP contribution is 2.34. The van der Waals surface area contributed by atoms with Crippen molar-refractivity contribution in [1.29, 1.82) is 0 Å². The highest BCUT2D eigenvalue weighted by molar-refractivity contribution is 5.89. The van der Waals surface area contributed by atoms with E-state index >= 15 is 0 Å². The lowest BCUT2D eigenvalue weighted by atomic mass is 10.1. The molecular weight excluding hydrogens is 340 g/mol. The Morgan fingerprint density at radius 1 is 1.37 bits per heavy atom. The molecule has 7 heteroatoms. The molecular formula is C20H24N6O. The van der Waals surface area contributed by atoms with Crippen LogP contribution in [0.15, 0.2) is 30.1 Å². The molecule has 5 rings (SSSR count). The summed E-state index contributed by atoms with van der Waals surface area (Å²) in [6.07, 6.45) is 9.07. The second kappa shape index (κ2) is 6.11. The van der Waals surface area contributed by atoms with Gasteiger partial charge >= 0.3 is 0 Å². The summed E-state index contributed by atoms with van der Waals surface area (Å²) in [4.78, 5) is 16.4. The highest BCUT2D eigenvalue weighted by Gasteiger charge is 2.29. The zero-order valence-corrected chi connectivity index (χ0v) is 15.5. The van der Waals surface area contributed by atoms with Gasteiger partial charge < -0.3 is 16.0 Å². The molecule has 1 saturated heterocycles. The predicted molar refractivity (Wildman–Crippen MR) is 105 cm³/mol. The Hall–Kier alpha value is -2.83. The molecule has 3 N–H and O–H groups in total. The van der Waals surface area contributed by atoms with Crippen LogP contribution >= 0.6 is 0 Å². The molecule has 1 atom stereocenters. The molecule has 3 heterocycles. The maximum atomic E-state index is 11.6. The van der Waals surface area contributed by atoms with E-state index in [9.17, 15) is 4.79 Å². The van der Waals surface area contributed by atoms with Crippen LogP contribution in [0.25, 0.3) is 11.7 Å². The van der Waals surface area contributed by atoms with Gasteiger partial charge in [0, 0.05) is 29.4 Å². The minimum Gasteiger partial charge on any atom is -0.367 e. The Balaban J connectivity index is 1.54. The fourth-order valence-corrected chi connectivity index (χ4v) is 3.54. The van der Waals surface area contributed by atoms with Crippen molar-refractivity contribution in [2.45, 2.75) is 51.1 Å². The average Bonchev–Trinajstić information content (AvgIpc) is 3.53. The number of nitrogens with one attached hydrogen (secondary N) is 3. The molecule has 140 valence electrons. The van der Waals surface area contributed by atoms with Crippen LogP contribution in [0.1, 0.15) is 44.6 Å². The van der Waals surface area contributed by atoms with Gasteiger partial charge in [-0.05, 0) is 50.2 Å². The predicted octanol–water partition coefficient (Wildman–Crippen LogP) is 2.93. The molecule has 0 bridgehead atoms. The number of hydrogen-bond donors (Lipinski definition) is 3. The number of rotatable bonds is 6. The largest absolute Gasteiger partial charge is 0.367 e. The SMILES string of the molecule is C=C1NC(=O)C/C1=C\c1cnn2c(NC3CC3)cc(N[C@@H](C)C3CC3)nc12. The molecule has 1 aliphatic heterocycles. The van der Waals surface area contributed by atoms with Gasteiger partial charge in [0.15, 0.2) is 5.65 Å². The van der Waals surface area contributed by atoms with Gasteiger partial charge in [0.1, 0.15) is 11.6 Å². The number of allylic oxidation sites excluding steroid dienone is 1. The van der Waals surface area contributed by atoms with Gasteiger partial charge in [-0.3, -0.25) is 4.79 Å². The van der Waals surface area contributed by atoms with E-state index < -0.39 is 0 Å². The zero-order valence-electron chi connectivity index (χ0n) is 15.5. The molecule has 2 aromatic rings. The van der Waals surface area contributed by atoms with Crippen molar-refractivity contribution in [3.05, 3.63) is 35.7 Å². The maximum absolute atomic E-state index is 11.6. The number of fused-ring (bicyclic) bond motifs is 1. The van der Waals surface area contributed by atoms with Gasteiger partial charge in [-0.2, -0.15) is 9.61 Å². The lowest BCUT2D eigenvalue weighted by Crippen LogP contribution is -2.19. The first-order chi connectivity index (χ1) is 13.1. The fraction of sp³-hybridized carbons (Fsp3) is 0.450. The van der Waals surface area contributed by atoms with Gasteiger partial charge in [-0.1, -0.05) is 6.58 Å². The summed E-state index contributed by atoms with van der Waals surface area (Å²) in [6, 6.07) is 2.98. The van der Waals surface area contributed by atoms with Crippen LogP contribution in [0, 0.1) is 5.92 Å². The first kappa shape index (κ1) is 16.4. The number of hydrogen-bond acceptors (Lipinski definition) is 5. The third-order valence-corrected chi connectivity index (χ3v) is 5.49. The Bertz CT molecular complexity index is 966. The van der Waals surface area contributed by atoms with E-state index in [0.29, 0.717) is 24.2 Å². The number of aromatic nitrogens is 3. The van der Waals surface area contributed by atoms with Gasteiger partial charge in [0.05, 0.1) is 12.6 Å². The lowest BCUT2D eigenvalue weighted by molar-refractivity contribution is -0.118. The van der Waals surface area contributed by atoms with Crippen molar-refractivity contribution >= 4 is 29.3 Å². The zero-order chi connectivity index (χ0) is 18.5. The summed E-state index contributed by atoms with van der Waals surface area (Å²) >= 11 is 0. The normalized spacial score (nSPS) is 22.3. The Kier molecular flexibility index (Phi) is 3.70. The number of carbonyl (C=O) groups excluding carboxylic acids is 1. The number of carbonyl (C=O) groups is 1. The molecule has 0 spiro atoms. The molecule has 2 aromatic heterocycles. The number of amides is 1. The van der Waals surface area contributed by atoms with E-state index in [1.165, 1.54) is 25.7 Å². The minimum atomic E-state index is -0.0209. The molecule has 7 nitrogen and oxygen atoms in total. The van der Waals surface area contributed by atoms with Crippen LogP contribution < -0.4 is 16.0 Å². The number of anilines is 2. The highest BCUT2D eigenvalue weighted by atomic mass is 16.1. The molecule has 2 saturated carbocycles. The molecule has 2 aliphatic carbocycles. The molecule has 0 unspecified atom stereocenters.